The Morgan fingerprint density at radius 1 is 0.710 bits per heavy atom. The first-order valence-electron chi connectivity index (χ1n) is 7.88. The maximum atomic E-state index is 11.8. The molecule has 0 fully saturated rings. The van der Waals surface area contributed by atoms with Crippen LogP contribution < -0.4 is 4.72 Å². The van der Waals surface area contributed by atoms with E-state index in [1.165, 1.54) is 6.07 Å². The van der Waals surface area contributed by atoms with Gasteiger partial charge in [-0.15, -0.1) is 6.42 Å². The predicted molar refractivity (Wildman–Crippen MR) is 118 cm³/mol. The van der Waals surface area contributed by atoms with Crippen molar-refractivity contribution >= 4 is 15.7 Å². The molecule has 31 heavy (non-hydrogen) atoms. The molecule has 3 N–H and O–H groups in total. The Labute approximate surface area is 181 Å². The minimum atomic E-state index is -4.12. The molecule has 1 aromatic carbocycles. The van der Waals surface area contributed by atoms with Crippen LogP contribution in [0.2, 0.25) is 0 Å². The molecule has 0 heterocycles. The summed E-state index contributed by atoms with van der Waals surface area (Å²) in [7, 11) is -4.12. The number of rotatable bonds is 2. The number of aromatic hydroxyl groups is 2. The van der Waals surface area contributed by atoms with Crippen molar-refractivity contribution < 1.29 is 18.6 Å². The first-order chi connectivity index (χ1) is 14.9. The third-order valence-electron chi connectivity index (χ3n) is 2.69. The van der Waals surface area contributed by atoms with Gasteiger partial charge >= 0.3 is 10.0 Å². The van der Waals surface area contributed by atoms with Crippen LogP contribution in [0.4, 0.5) is 5.69 Å². The van der Waals surface area contributed by atoms with Gasteiger partial charge in [0, 0.05) is 23.8 Å². The Morgan fingerprint density at radius 2 is 1.13 bits per heavy atom. The molecule has 0 saturated heterocycles. The summed E-state index contributed by atoms with van der Waals surface area (Å²) >= 11 is 0. The highest BCUT2D eigenvalue weighted by molar-refractivity contribution is 7.97. The lowest BCUT2D eigenvalue weighted by Gasteiger charge is -2.07. The van der Waals surface area contributed by atoms with Crippen molar-refractivity contribution in [1.82, 2.24) is 0 Å². The van der Waals surface area contributed by atoms with Crippen molar-refractivity contribution in [2.45, 2.75) is 6.92 Å². The molecule has 0 atom stereocenters. The molecule has 0 bridgehead atoms. The van der Waals surface area contributed by atoms with Crippen LogP contribution in [-0.4, -0.2) is 18.6 Å². The van der Waals surface area contributed by atoms with Gasteiger partial charge in [-0.05, 0) is 95.5 Å². The van der Waals surface area contributed by atoms with Crippen LogP contribution in [0.5, 0.6) is 11.5 Å². The molecule has 0 aliphatic carbocycles. The van der Waals surface area contributed by atoms with E-state index >= 15 is 0 Å². The van der Waals surface area contributed by atoms with Crippen LogP contribution in [0.3, 0.4) is 0 Å². The highest BCUT2D eigenvalue weighted by Crippen LogP contribution is 2.31. The number of benzene rings is 1. The van der Waals surface area contributed by atoms with Gasteiger partial charge < -0.3 is 10.2 Å². The van der Waals surface area contributed by atoms with Crippen LogP contribution in [0.1, 0.15) is 5.56 Å². The second-order valence-electron chi connectivity index (χ2n) is 4.88. The Hall–Kier alpha value is -5.39. The summed E-state index contributed by atoms with van der Waals surface area (Å²) in [6.45, 7) is 1.55. The molecule has 0 spiro atoms. The Balaban J connectivity index is 2.67. The standard InChI is InChI=1S/C25H9NO4S/c1-3-4-5-6-7-8-9-10-11-12-13-14-15-16-17-18-19-31(29,30)26-23-21-24(27)22(2)20-25(23)28/h1,20-21,26-28H,2H3. The van der Waals surface area contributed by atoms with Crippen molar-refractivity contribution in [2.75, 3.05) is 4.72 Å². The largest absolute Gasteiger partial charge is 0.508 e. The second-order valence-corrected chi connectivity index (χ2v) is 6.30. The molecule has 0 saturated carbocycles. The fourth-order valence-electron chi connectivity index (χ4n) is 1.47. The quantitative estimate of drug-likeness (QED) is 0.376. The van der Waals surface area contributed by atoms with E-state index in [4.69, 9.17) is 6.42 Å². The molecule has 0 aliphatic heterocycles. The number of aryl methyl sites for hydroxylation is 1. The predicted octanol–water partition coefficient (Wildman–Crippen LogP) is 0.766. The summed E-state index contributed by atoms with van der Waals surface area (Å²) < 4.78 is 25.7. The summed E-state index contributed by atoms with van der Waals surface area (Å²) in [5.74, 6) is 36.9. The lowest BCUT2D eigenvalue weighted by atomic mass is 10.2. The summed E-state index contributed by atoms with van der Waals surface area (Å²) in [5, 5.41) is 21.2. The monoisotopic (exact) mass is 419 g/mol. The van der Waals surface area contributed by atoms with Gasteiger partial charge in [-0.3, -0.25) is 4.72 Å². The minimum Gasteiger partial charge on any atom is -0.508 e. The number of phenolic OH excluding ortho intramolecular Hbond substituents is 2. The third kappa shape index (κ3) is 10.5. The summed E-state index contributed by atoms with van der Waals surface area (Å²) in [4.78, 5) is 0. The average molecular weight is 419 g/mol. The average Bonchev–Trinajstić information content (AvgIpc) is 2.71. The van der Waals surface area contributed by atoms with Crippen molar-refractivity contribution in [3.63, 3.8) is 0 Å². The van der Waals surface area contributed by atoms with E-state index < -0.39 is 10.0 Å². The fraction of sp³-hybridized carbons (Fsp3) is 0.0400. The Morgan fingerprint density at radius 3 is 1.58 bits per heavy atom. The van der Waals surface area contributed by atoms with Gasteiger partial charge in [0.2, 0.25) is 0 Å². The number of hydrogen-bond donors (Lipinski definition) is 3. The van der Waals surface area contributed by atoms with Gasteiger partial charge in [-0.1, -0.05) is 0 Å². The van der Waals surface area contributed by atoms with E-state index in [0.29, 0.717) is 5.56 Å². The zero-order valence-corrected chi connectivity index (χ0v) is 16.7. The molecule has 0 unspecified atom stereocenters. The maximum absolute atomic E-state index is 11.8. The van der Waals surface area contributed by atoms with Gasteiger partial charge in [0.15, 0.2) is 0 Å². The lowest BCUT2D eigenvalue weighted by Crippen LogP contribution is -2.09. The topological polar surface area (TPSA) is 86.6 Å². The molecule has 0 aromatic heterocycles. The van der Waals surface area contributed by atoms with Gasteiger partial charge in [-0.25, -0.2) is 0 Å². The third-order valence-corrected chi connectivity index (χ3v) is 3.55. The molecule has 144 valence electrons. The number of nitrogens with one attached hydrogen (secondary N) is 1. The van der Waals surface area contributed by atoms with Crippen LogP contribution in [-0.2, 0) is 10.0 Å². The first kappa shape index (κ1) is 23.6. The van der Waals surface area contributed by atoms with Gasteiger partial charge in [-0.2, -0.15) is 8.42 Å². The van der Waals surface area contributed by atoms with Crippen LogP contribution >= 0.6 is 0 Å². The van der Waals surface area contributed by atoms with E-state index in [2.05, 4.69) is 94.7 Å². The molecule has 0 amide bonds. The van der Waals surface area contributed by atoms with Crippen molar-refractivity contribution in [3.05, 3.63) is 17.7 Å². The van der Waals surface area contributed by atoms with Gasteiger partial charge in [0.25, 0.3) is 0 Å². The number of hydrogen-bond acceptors (Lipinski definition) is 4. The fourth-order valence-corrected chi connectivity index (χ4v) is 2.16. The molecule has 6 heteroatoms. The summed E-state index contributed by atoms with van der Waals surface area (Å²) in [5.41, 5.74) is 0.172. The zero-order valence-electron chi connectivity index (χ0n) is 15.9. The van der Waals surface area contributed by atoms with Crippen molar-refractivity contribution in [1.29, 1.82) is 0 Å². The minimum absolute atomic E-state index is 0.184. The highest BCUT2D eigenvalue weighted by Gasteiger charge is 2.12. The first-order valence-corrected chi connectivity index (χ1v) is 9.37. The molecule has 0 radical (unpaired) electrons. The number of sulfonamides is 1. The van der Waals surface area contributed by atoms with Crippen molar-refractivity contribution in [3.8, 4) is 118 Å². The molecular formula is C25H9NO4S. The Bertz CT molecular complexity index is 1550. The smallest absolute Gasteiger partial charge is 0.303 e. The van der Waals surface area contributed by atoms with E-state index in [-0.39, 0.29) is 17.2 Å². The second kappa shape index (κ2) is 12.9. The lowest BCUT2D eigenvalue weighted by molar-refractivity contribution is 0.458. The van der Waals surface area contributed by atoms with Crippen LogP contribution in [0.25, 0.3) is 0 Å². The maximum Gasteiger partial charge on any atom is 0.303 e. The van der Waals surface area contributed by atoms with Gasteiger partial charge in [0.05, 0.1) is 10.9 Å². The molecule has 1 rings (SSSR count). The molecule has 5 nitrogen and oxygen atoms in total. The molecule has 1 aromatic rings. The van der Waals surface area contributed by atoms with Crippen LogP contribution in [0, 0.1) is 113 Å². The zero-order chi connectivity index (χ0) is 23.0. The van der Waals surface area contributed by atoms with Gasteiger partial charge in [0.1, 0.15) is 11.5 Å². The van der Waals surface area contributed by atoms with Crippen LogP contribution in [0.15, 0.2) is 12.1 Å². The SMILES string of the molecule is C#CC#CC#CC#CC#CC#CC#CC#CC#CS(=O)(=O)Nc1cc(O)c(C)cc1O. The van der Waals surface area contributed by atoms with E-state index in [1.807, 2.05) is 9.97 Å². The normalized spacial score (nSPS) is 7.23. The van der Waals surface area contributed by atoms with Crippen molar-refractivity contribution in [2.24, 2.45) is 0 Å². The summed E-state index contributed by atoms with van der Waals surface area (Å²) in [6, 6.07) is 2.28. The Kier molecular flexibility index (Phi) is 9.84. The van der Waals surface area contributed by atoms with E-state index in [0.717, 1.165) is 6.07 Å². The van der Waals surface area contributed by atoms with E-state index in [9.17, 15) is 18.6 Å². The molecular weight excluding hydrogens is 410 g/mol. The van der Waals surface area contributed by atoms with E-state index in [1.54, 1.807) is 6.92 Å². The highest BCUT2D eigenvalue weighted by atomic mass is 32.2. The number of terminal acetylenes is 1. The number of anilines is 1. The summed E-state index contributed by atoms with van der Waals surface area (Å²) in [6.07, 6.45) is 4.91. The number of phenols is 2. The molecule has 0 aliphatic rings.